The van der Waals surface area contributed by atoms with Crippen molar-refractivity contribution in [3.63, 3.8) is 0 Å². The minimum atomic E-state index is -0.504. The first-order valence-electron chi connectivity index (χ1n) is 6.94. The monoisotopic (exact) mass is 323 g/mol. The van der Waals surface area contributed by atoms with E-state index in [1.807, 2.05) is 6.07 Å². The Labute approximate surface area is 133 Å². The molecule has 0 radical (unpaired) electrons. The quantitative estimate of drug-likeness (QED) is 0.792. The predicted octanol–water partition coefficient (Wildman–Crippen LogP) is 1.87. The third-order valence-corrected chi connectivity index (χ3v) is 3.40. The Kier molecular flexibility index (Phi) is 5.54. The highest BCUT2D eigenvalue weighted by atomic mass is 35.5. The molecule has 22 heavy (non-hydrogen) atoms. The van der Waals surface area contributed by atoms with Crippen molar-refractivity contribution >= 4 is 17.6 Å². The summed E-state index contributed by atoms with van der Waals surface area (Å²) >= 11 is 5.98. The van der Waals surface area contributed by atoms with Crippen LogP contribution < -0.4 is 5.73 Å². The van der Waals surface area contributed by atoms with Gasteiger partial charge in [0.1, 0.15) is 5.69 Å². The third kappa shape index (κ3) is 3.47. The van der Waals surface area contributed by atoms with Gasteiger partial charge in [-0.2, -0.15) is 5.10 Å². The zero-order chi connectivity index (χ0) is 16.1. The Hall–Kier alpha value is -1.89. The first-order chi connectivity index (χ1) is 10.6. The lowest BCUT2D eigenvalue weighted by Gasteiger charge is -2.14. The van der Waals surface area contributed by atoms with Crippen molar-refractivity contribution in [2.75, 3.05) is 19.8 Å². The van der Waals surface area contributed by atoms with E-state index in [-0.39, 0.29) is 25.5 Å². The van der Waals surface area contributed by atoms with Crippen LogP contribution in [0.2, 0.25) is 5.02 Å². The molecule has 0 spiro atoms. The molecule has 0 aliphatic heterocycles. The number of carbonyl (C=O) groups excluding carboxylic acids is 1. The Balaban J connectivity index is 2.49. The van der Waals surface area contributed by atoms with Gasteiger partial charge in [-0.25, -0.2) is 4.79 Å². The molecular weight excluding hydrogens is 306 g/mol. The van der Waals surface area contributed by atoms with Crippen LogP contribution in [-0.2, 0) is 4.74 Å². The van der Waals surface area contributed by atoms with Crippen molar-refractivity contribution in [1.82, 2.24) is 9.78 Å². The Morgan fingerprint density at radius 1 is 1.50 bits per heavy atom. The summed E-state index contributed by atoms with van der Waals surface area (Å²) in [6.07, 6.45) is 0. The second-order valence-electron chi connectivity index (χ2n) is 4.66. The molecule has 0 fully saturated rings. The smallest absolute Gasteiger partial charge is 0.356 e. The van der Waals surface area contributed by atoms with Gasteiger partial charge in [-0.1, -0.05) is 23.7 Å². The van der Waals surface area contributed by atoms with Crippen molar-refractivity contribution in [2.24, 2.45) is 5.73 Å². The summed E-state index contributed by atoms with van der Waals surface area (Å²) in [6, 6.07) is 8.26. The maximum Gasteiger partial charge on any atom is 0.356 e. The standard InChI is InChI=1S/C15H18ClN3O3/c1-2-22-15(21)14-7-13(10-4-3-5-11(16)6-10)18-19(14)12(8-17)9-20/h3-7,12,20H,2,8-9,17H2,1H3. The molecule has 0 aliphatic carbocycles. The van der Waals surface area contributed by atoms with Gasteiger partial charge < -0.3 is 15.6 Å². The molecule has 1 heterocycles. The van der Waals surface area contributed by atoms with Crippen molar-refractivity contribution in [2.45, 2.75) is 13.0 Å². The van der Waals surface area contributed by atoms with Crippen molar-refractivity contribution in [1.29, 1.82) is 0 Å². The number of aliphatic hydroxyl groups excluding tert-OH is 1. The lowest BCUT2D eigenvalue weighted by Crippen LogP contribution is -2.27. The number of nitrogens with zero attached hydrogens (tertiary/aromatic N) is 2. The van der Waals surface area contributed by atoms with Crippen LogP contribution in [0, 0.1) is 0 Å². The Morgan fingerprint density at radius 2 is 2.27 bits per heavy atom. The van der Waals surface area contributed by atoms with Crippen LogP contribution in [0.5, 0.6) is 0 Å². The highest BCUT2D eigenvalue weighted by Gasteiger charge is 2.22. The summed E-state index contributed by atoms with van der Waals surface area (Å²) in [4.78, 5) is 12.1. The number of hydrogen-bond acceptors (Lipinski definition) is 5. The number of carbonyl (C=O) groups is 1. The lowest BCUT2D eigenvalue weighted by molar-refractivity contribution is 0.0506. The molecule has 1 aromatic carbocycles. The minimum Gasteiger partial charge on any atom is -0.461 e. The van der Waals surface area contributed by atoms with Gasteiger partial charge in [0.25, 0.3) is 0 Å². The molecule has 0 saturated carbocycles. The van der Waals surface area contributed by atoms with Crippen LogP contribution in [0.25, 0.3) is 11.3 Å². The molecule has 1 atom stereocenters. The SMILES string of the molecule is CCOC(=O)c1cc(-c2cccc(Cl)c2)nn1C(CN)CO. The van der Waals surface area contributed by atoms with Crippen LogP contribution in [0.3, 0.4) is 0 Å². The molecule has 0 saturated heterocycles. The molecule has 7 heteroatoms. The van der Waals surface area contributed by atoms with E-state index in [1.54, 1.807) is 31.2 Å². The number of rotatable bonds is 6. The molecule has 6 nitrogen and oxygen atoms in total. The van der Waals surface area contributed by atoms with E-state index >= 15 is 0 Å². The molecular formula is C15H18ClN3O3. The molecule has 0 amide bonds. The van der Waals surface area contributed by atoms with Gasteiger partial charge in [0, 0.05) is 17.1 Å². The zero-order valence-electron chi connectivity index (χ0n) is 12.2. The summed E-state index contributed by atoms with van der Waals surface area (Å²) in [7, 11) is 0. The van der Waals surface area contributed by atoms with E-state index in [1.165, 1.54) is 4.68 Å². The van der Waals surface area contributed by atoms with Crippen molar-refractivity contribution in [3.05, 3.63) is 41.0 Å². The van der Waals surface area contributed by atoms with E-state index < -0.39 is 12.0 Å². The Bertz CT molecular complexity index is 653. The average Bonchev–Trinajstić information content (AvgIpc) is 2.94. The number of aliphatic hydroxyl groups is 1. The number of nitrogens with two attached hydrogens (primary N) is 1. The normalized spacial score (nSPS) is 12.2. The van der Waals surface area contributed by atoms with Gasteiger partial charge >= 0.3 is 5.97 Å². The maximum atomic E-state index is 12.1. The molecule has 2 aromatic rings. The van der Waals surface area contributed by atoms with Crippen LogP contribution in [0.1, 0.15) is 23.5 Å². The number of halogens is 1. The summed E-state index contributed by atoms with van der Waals surface area (Å²) in [5.41, 5.74) is 7.22. The molecule has 1 unspecified atom stereocenters. The maximum absolute atomic E-state index is 12.1. The number of esters is 1. The van der Waals surface area contributed by atoms with Gasteiger partial charge in [-0.05, 0) is 25.1 Å². The van der Waals surface area contributed by atoms with Gasteiger partial charge in [0.2, 0.25) is 0 Å². The lowest BCUT2D eigenvalue weighted by atomic mass is 10.1. The van der Waals surface area contributed by atoms with E-state index in [2.05, 4.69) is 5.10 Å². The molecule has 0 aliphatic rings. The van der Waals surface area contributed by atoms with Crippen molar-refractivity contribution < 1.29 is 14.6 Å². The van der Waals surface area contributed by atoms with Crippen LogP contribution >= 0.6 is 11.6 Å². The highest BCUT2D eigenvalue weighted by Crippen LogP contribution is 2.24. The fraction of sp³-hybridized carbons (Fsp3) is 0.333. The van der Waals surface area contributed by atoms with E-state index in [9.17, 15) is 9.90 Å². The third-order valence-electron chi connectivity index (χ3n) is 3.17. The van der Waals surface area contributed by atoms with Gasteiger partial charge in [0.05, 0.1) is 24.9 Å². The number of ether oxygens (including phenoxy) is 1. The zero-order valence-corrected chi connectivity index (χ0v) is 13.0. The van der Waals surface area contributed by atoms with Gasteiger partial charge in [-0.3, -0.25) is 4.68 Å². The summed E-state index contributed by atoms with van der Waals surface area (Å²) in [5.74, 6) is -0.504. The number of aromatic nitrogens is 2. The van der Waals surface area contributed by atoms with E-state index in [0.29, 0.717) is 10.7 Å². The number of hydrogen-bond donors (Lipinski definition) is 2. The summed E-state index contributed by atoms with van der Waals surface area (Å²) in [6.45, 7) is 1.91. The first-order valence-corrected chi connectivity index (χ1v) is 7.32. The molecule has 1 aromatic heterocycles. The van der Waals surface area contributed by atoms with Crippen LogP contribution in [-0.4, -0.2) is 40.6 Å². The second-order valence-corrected chi connectivity index (χ2v) is 5.10. The molecule has 118 valence electrons. The van der Waals surface area contributed by atoms with Gasteiger partial charge in [-0.15, -0.1) is 0 Å². The van der Waals surface area contributed by atoms with E-state index in [0.717, 1.165) is 5.56 Å². The molecule has 0 bridgehead atoms. The van der Waals surface area contributed by atoms with Crippen molar-refractivity contribution in [3.8, 4) is 11.3 Å². The van der Waals surface area contributed by atoms with Gasteiger partial charge in [0.15, 0.2) is 0 Å². The fourth-order valence-electron chi connectivity index (χ4n) is 2.07. The van der Waals surface area contributed by atoms with Crippen LogP contribution in [0.15, 0.2) is 30.3 Å². The fourth-order valence-corrected chi connectivity index (χ4v) is 2.26. The first kappa shape index (κ1) is 16.5. The average molecular weight is 324 g/mol. The predicted molar refractivity (Wildman–Crippen MR) is 83.8 cm³/mol. The molecule has 2 rings (SSSR count). The van der Waals surface area contributed by atoms with E-state index in [4.69, 9.17) is 22.1 Å². The number of benzene rings is 1. The topological polar surface area (TPSA) is 90.4 Å². The Morgan fingerprint density at radius 3 is 2.86 bits per heavy atom. The summed E-state index contributed by atoms with van der Waals surface area (Å²) in [5, 5.41) is 14.4. The second kappa shape index (κ2) is 7.40. The highest BCUT2D eigenvalue weighted by molar-refractivity contribution is 6.30. The largest absolute Gasteiger partial charge is 0.461 e. The molecule has 3 N–H and O–H groups in total. The summed E-state index contributed by atoms with van der Waals surface area (Å²) < 4.78 is 6.44. The van der Waals surface area contributed by atoms with Crippen LogP contribution in [0.4, 0.5) is 0 Å². The minimum absolute atomic E-state index is 0.152.